The number of nitrogens with two attached hydrogens (primary N) is 1. The minimum Gasteiger partial charge on any atom is -0.308 e. The predicted octanol–water partition coefficient (Wildman–Crippen LogP) is 1.40. The number of hydrazine groups is 1. The van der Waals surface area contributed by atoms with Gasteiger partial charge in [0.1, 0.15) is 0 Å². The lowest BCUT2D eigenvalue weighted by atomic mass is 10.0. The Morgan fingerprint density at radius 1 is 1.25 bits per heavy atom. The number of likely N-dealkylation sites (N-methyl/N-ethyl adjacent to an activating group) is 1. The van der Waals surface area contributed by atoms with E-state index in [0.29, 0.717) is 6.04 Å². The highest BCUT2D eigenvalue weighted by Crippen LogP contribution is 2.06. The molecule has 0 aliphatic carbocycles. The molecular weight excluding hydrogens is 198 g/mol. The van der Waals surface area contributed by atoms with Gasteiger partial charge in [-0.3, -0.25) is 11.3 Å². The molecule has 0 heterocycles. The van der Waals surface area contributed by atoms with Crippen molar-refractivity contribution in [1.82, 2.24) is 10.3 Å². The first-order chi connectivity index (χ1) is 7.72. The average Bonchev–Trinajstić information content (AvgIpc) is 2.28. The number of hydrogen-bond acceptors (Lipinski definition) is 3. The van der Waals surface area contributed by atoms with Gasteiger partial charge in [-0.2, -0.15) is 0 Å². The molecule has 0 spiro atoms. The number of benzene rings is 1. The topological polar surface area (TPSA) is 41.3 Å². The third-order valence-corrected chi connectivity index (χ3v) is 2.68. The van der Waals surface area contributed by atoms with Crippen LogP contribution in [0.5, 0.6) is 0 Å². The molecule has 3 heteroatoms. The molecule has 0 aliphatic heterocycles. The molecule has 0 aliphatic rings. The summed E-state index contributed by atoms with van der Waals surface area (Å²) in [7, 11) is 4.14. The maximum absolute atomic E-state index is 5.52. The fraction of sp³-hybridized carbons (Fsp3) is 0.538. The largest absolute Gasteiger partial charge is 0.308 e. The van der Waals surface area contributed by atoms with Crippen molar-refractivity contribution in [2.45, 2.75) is 25.3 Å². The second-order valence-electron chi connectivity index (χ2n) is 4.50. The van der Waals surface area contributed by atoms with Gasteiger partial charge in [0, 0.05) is 12.6 Å². The summed E-state index contributed by atoms with van der Waals surface area (Å²) in [6.45, 7) is 0.991. The van der Waals surface area contributed by atoms with Gasteiger partial charge in [0.2, 0.25) is 0 Å². The van der Waals surface area contributed by atoms with E-state index in [1.807, 2.05) is 0 Å². The molecule has 0 amide bonds. The molecule has 90 valence electrons. The van der Waals surface area contributed by atoms with Crippen LogP contribution in [0.15, 0.2) is 30.3 Å². The van der Waals surface area contributed by atoms with Crippen molar-refractivity contribution < 1.29 is 0 Å². The van der Waals surface area contributed by atoms with Crippen LogP contribution in [-0.2, 0) is 6.42 Å². The normalized spacial score (nSPS) is 13.0. The summed E-state index contributed by atoms with van der Waals surface area (Å²) in [4.78, 5) is 2.16. The van der Waals surface area contributed by atoms with Crippen molar-refractivity contribution in [2.24, 2.45) is 5.84 Å². The molecule has 1 aromatic carbocycles. The van der Waals surface area contributed by atoms with E-state index in [4.69, 9.17) is 5.84 Å². The molecule has 16 heavy (non-hydrogen) atoms. The van der Waals surface area contributed by atoms with E-state index < -0.39 is 0 Å². The minimum absolute atomic E-state index is 0.388. The lowest BCUT2D eigenvalue weighted by Crippen LogP contribution is -2.42. The van der Waals surface area contributed by atoms with Crippen LogP contribution in [0.1, 0.15) is 18.4 Å². The maximum Gasteiger partial charge on any atom is 0.0337 e. The van der Waals surface area contributed by atoms with Crippen molar-refractivity contribution in [3.63, 3.8) is 0 Å². The molecule has 3 N–H and O–H groups in total. The van der Waals surface area contributed by atoms with Crippen LogP contribution in [0.2, 0.25) is 0 Å². The molecule has 1 rings (SSSR count). The van der Waals surface area contributed by atoms with Crippen molar-refractivity contribution in [3.8, 4) is 0 Å². The van der Waals surface area contributed by atoms with Gasteiger partial charge >= 0.3 is 0 Å². The first kappa shape index (κ1) is 13.2. The van der Waals surface area contributed by atoms with Gasteiger partial charge in [0.25, 0.3) is 0 Å². The van der Waals surface area contributed by atoms with E-state index in [-0.39, 0.29) is 0 Å². The second kappa shape index (κ2) is 7.39. The summed E-state index contributed by atoms with van der Waals surface area (Å²) in [5, 5.41) is 0. The molecule has 0 saturated heterocycles. The van der Waals surface area contributed by atoms with Gasteiger partial charge in [-0.15, -0.1) is 0 Å². The summed E-state index contributed by atoms with van der Waals surface area (Å²) < 4.78 is 0. The Morgan fingerprint density at radius 2 is 1.94 bits per heavy atom. The highest BCUT2D eigenvalue weighted by atomic mass is 15.3. The first-order valence-electron chi connectivity index (χ1n) is 5.87. The van der Waals surface area contributed by atoms with Crippen LogP contribution in [0.25, 0.3) is 0 Å². The van der Waals surface area contributed by atoms with Gasteiger partial charge in [-0.25, -0.2) is 0 Å². The SMILES string of the molecule is CN(C)CC(CCCc1ccccc1)NN. The van der Waals surface area contributed by atoms with E-state index in [9.17, 15) is 0 Å². The van der Waals surface area contributed by atoms with Crippen LogP contribution in [-0.4, -0.2) is 31.6 Å². The van der Waals surface area contributed by atoms with E-state index >= 15 is 0 Å². The summed E-state index contributed by atoms with van der Waals surface area (Å²) in [5.41, 5.74) is 4.28. The molecule has 0 fully saturated rings. The lowest BCUT2D eigenvalue weighted by molar-refractivity contribution is 0.325. The van der Waals surface area contributed by atoms with Crippen LogP contribution < -0.4 is 11.3 Å². The van der Waals surface area contributed by atoms with Crippen molar-refractivity contribution >= 4 is 0 Å². The molecular formula is C13H23N3. The highest BCUT2D eigenvalue weighted by Gasteiger charge is 2.07. The van der Waals surface area contributed by atoms with Crippen molar-refractivity contribution in [2.75, 3.05) is 20.6 Å². The summed E-state index contributed by atoms with van der Waals surface area (Å²) in [6, 6.07) is 11.0. The molecule has 0 aromatic heterocycles. The van der Waals surface area contributed by atoms with Crippen molar-refractivity contribution in [3.05, 3.63) is 35.9 Å². The smallest absolute Gasteiger partial charge is 0.0337 e. The molecule has 1 aromatic rings. The van der Waals surface area contributed by atoms with Crippen LogP contribution >= 0.6 is 0 Å². The van der Waals surface area contributed by atoms with Gasteiger partial charge in [0.15, 0.2) is 0 Å². The first-order valence-corrected chi connectivity index (χ1v) is 5.87. The standard InChI is InChI=1S/C13H23N3/c1-16(2)11-13(15-14)10-6-9-12-7-4-3-5-8-12/h3-5,7-8,13,15H,6,9-11,14H2,1-2H3. The summed E-state index contributed by atoms with van der Waals surface area (Å²) in [5.74, 6) is 5.52. The molecule has 0 radical (unpaired) electrons. The summed E-state index contributed by atoms with van der Waals surface area (Å²) in [6.07, 6.45) is 3.42. The van der Waals surface area contributed by atoms with Gasteiger partial charge < -0.3 is 4.90 Å². The fourth-order valence-electron chi connectivity index (χ4n) is 1.87. The van der Waals surface area contributed by atoms with Gasteiger partial charge in [-0.05, 0) is 38.9 Å². The zero-order valence-corrected chi connectivity index (χ0v) is 10.3. The Hall–Kier alpha value is -0.900. The Labute approximate surface area is 98.6 Å². The Kier molecular flexibility index (Phi) is 6.08. The van der Waals surface area contributed by atoms with Crippen LogP contribution in [0.4, 0.5) is 0 Å². The molecule has 1 atom stereocenters. The third-order valence-electron chi connectivity index (χ3n) is 2.68. The minimum atomic E-state index is 0.388. The van der Waals surface area contributed by atoms with E-state index in [1.165, 1.54) is 12.0 Å². The predicted molar refractivity (Wildman–Crippen MR) is 69.0 cm³/mol. The van der Waals surface area contributed by atoms with E-state index in [0.717, 1.165) is 19.4 Å². The van der Waals surface area contributed by atoms with Gasteiger partial charge in [0.05, 0.1) is 0 Å². The Morgan fingerprint density at radius 3 is 2.50 bits per heavy atom. The van der Waals surface area contributed by atoms with Crippen LogP contribution in [0.3, 0.4) is 0 Å². The summed E-state index contributed by atoms with van der Waals surface area (Å²) >= 11 is 0. The number of nitrogens with one attached hydrogen (secondary N) is 1. The second-order valence-corrected chi connectivity index (χ2v) is 4.50. The van der Waals surface area contributed by atoms with Crippen molar-refractivity contribution in [1.29, 1.82) is 0 Å². The quantitative estimate of drug-likeness (QED) is 0.540. The molecule has 0 bridgehead atoms. The van der Waals surface area contributed by atoms with E-state index in [2.05, 4.69) is 54.8 Å². The Balaban J connectivity index is 2.23. The van der Waals surface area contributed by atoms with E-state index in [1.54, 1.807) is 0 Å². The maximum atomic E-state index is 5.52. The average molecular weight is 221 g/mol. The number of rotatable bonds is 7. The highest BCUT2D eigenvalue weighted by molar-refractivity contribution is 5.14. The number of nitrogens with zero attached hydrogens (tertiary/aromatic N) is 1. The molecule has 0 saturated carbocycles. The zero-order chi connectivity index (χ0) is 11.8. The Bertz CT molecular complexity index is 272. The number of aryl methyl sites for hydroxylation is 1. The lowest BCUT2D eigenvalue weighted by Gasteiger charge is -2.19. The number of hydrogen-bond donors (Lipinski definition) is 2. The zero-order valence-electron chi connectivity index (χ0n) is 10.3. The van der Waals surface area contributed by atoms with Gasteiger partial charge in [-0.1, -0.05) is 30.3 Å². The monoisotopic (exact) mass is 221 g/mol. The molecule has 3 nitrogen and oxygen atoms in total. The van der Waals surface area contributed by atoms with Crippen LogP contribution in [0, 0.1) is 0 Å². The molecule has 1 unspecified atom stereocenters. The third kappa shape index (κ3) is 5.26. The fourth-order valence-corrected chi connectivity index (χ4v) is 1.87.